The van der Waals surface area contributed by atoms with Crippen molar-refractivity contribution in [2.45, 2.75) is 62.5 Å². The minimum Gasteiger partial charge on any atom is -0.457 e. The van der Waals surface area contributed by atoms with Crippen LogP contribution in [-0.2, 0) is 38.1 Å². The van der Waals surface area contributed by atoms with Gasteiger partial charge in [-0.15, -0.1) is 0 Å². The molecule has 0 bridgehead atoms. The molecule has 0 amide bonds. The second-order valence-electron chi connectivity index (χ2n) is 8.96. The predicted octanol–water partition coefficient (Wildman–Crippen LogP) is 4.39. The normalized spacial score (nSPS) is 15.8. The van der Waals surface area contributed by atoms with Gasteiger partial charge < -0.3 is 9.30 Å². The molecule has 1 aliphatic rings. The average Bonchev–Trinajstić information content (AvgIpc) is 3.43. The molecule has 3 aromatic rings. The van der Waals surface area contributed by atoms with Gasteiger partial charge in [-0.2, -0.15) is 0 Å². The fraction of sp³-hybridized carbons (Fsp3) is 0.440. The maximum absolute atomic E-state index is 14.6. The van der Waals surface area contributed by atoms with Crippen molar-refractivity contribution in [1.82, 2.24) is 13.9 Å². The summed E-state index contributed by atoms with van der Waals surface area (Å²) < 4.78 is 48.6. The summed E-state index contributed by atoms with van der Waals surface area (Å²) in [6, 6.07) is 11.2. The summed E-state index contributed by atoms with van der Waals surface area (Å²) in [4.78, 5) is 18.1. The Morgan fingerprint density at radius 3 is 2.53 bits per heavy atom. The van der Waals surface area contributed by atoms with Gasteiger partial charge in [0.15, 0.2) is 0 Å². The van der Waals surface area contributed by atoms with Crippen molar-refractivity contribution in [2.24, 2.45) is 0 Å². The number of benzene rings is 2. The molecule has 0 unspecified atom stereocenters. The number of imidazole rings is 1. The van der Waals surface area contributed by atoms with Crippen LogP contribution in [-0.4, -0.2) is 42.3 Å². The number of ether oxygens (including phenoxy) is 1. The summed E-state index contributed by atoms with van der Waals surface area (Å²) in [5.74, 6) is -0.304. The highest BCUT2D eigenvalue weighted by Gasteiger charge is 2.45. The Balaban J connectivity index is 1.65. The molecule has 1 heterocycles. The smallest absolute Gasteiger partial charge is 0.317 e. The first kappa shape index (κ1) is 24.3. The number of aryl methyl sites for hydroxylation is 1. The van der Waals surface area contributed by atoms with Crippen molar-refractivity contribution in [2.75, 3.05) is 14.1 Å². The molecule has 1 aromatic heterocycles. The summed E-state index contributed by atoms with van der Waals surface area (Å²) in [5, 5.41) is 0. The van der Waals surface area contributed by atoms with Gasteiger partial charge in [0, 0.05) is 26.2 Å². The first-order valence-electron chi connectivity index (χ1n) is 11.5. The Morgan fingerprint density at radius 2 is 1.88 bits per heavy atom. The number of carbonyl (C=O) groups is 1. The number of halogens is 1. The van der Waals surface area contributed by atoms with Gasteiger partial charge >= 0.3 is 5.97 Å². The van der Waals surface area contributed by atoms with Crippen LogP contribution in [0.2, 0.25) is 0 Å². The number of aromatic nitrogens is 2. The second kappa shape index (κ2) is 9.46. The number of nitrogens with zero attached hydrogens (tertiary/aromatic N) is 3. The molecule has 0 spiro atoms. The van der Waals surface area contributed by atoms with Crippen molar-refractivity contribution in [3.05, 3.63) is 59.7 Å². The van der Waals surface area contributed by atoms with E-state index in [9.17, 15) is 17.6 Å². The van der Waals surface area contributed by atoms with Crippen molar-refractivity contribution >= 4 is 27.0 Å². The topological polar surface area (TPSA) is 81.5 Å². The summed E-state index contributed by atoms with van der Waals surface area (Å²) in [7, 11) is -0.639. The van der Waals surface area contributed by atoms with Crippen molar-refractivity contribution in [3.8, 4) is 0 Å². The van der Waals surface area contributed by atoms with Crippen LogP contribution < -0.4 is 0 Å². The number of hydrogen-bond acceptors (Lipinski definition) is 5. The van der Waals surface area contributed by atoms with Gasteiger partial charge in [-0.05, 0) is 43.5 Å². The Labute approximate surface area is 199 Å². The number of hydrogen-bond donors (Lipinski definition) is 0. The molecule has 7 nitrogen and oxygen atoms in total. The van der Waals surface area contributed by atoms with Gasteiger partial charge in [0.2, 0.25) is 10.0 Å². The van der Waals surface area contributed by atoms with Gasteiger partial charge in [-0.25, -0.2) is 22.1 Å². The van der Waals surface area contributed by atoms with Crippen LogP contribution in [0.15, 0.2) is 47.4 Å². The van der Waals surface area contributed by atoms with Crippen molar-refractivity contribution in [1.29, 1.82) is 0 Å². The van der Waals surface area contributed by atoms with Crippen LogP contribution >= 0.6 is 0 Å². The SMILES string of the molecule is CCCn1c(COC(=O)C2(c3ccccc3F)CCCC2)nc2cc(S(=O)(=O)N(C)C)ccc21. The van der Waals surface area contributed by atoms with E-state index >= 15 is 0 Å². The second-order valence-corrected chi connectivity index (χ2v) is 11.1. The lowest BCUT2D eigenvalue weighted by Gasteiger charge is -2.27. The maximum Gasteiger partial charge on any atom is 0.317 e. The molecule has 4 rings (SSSR count). The van der Waals surface area contributed by atoms with Gasteiger partial charge in [-0.3, -0.25) is 4.79 Å². The van der Waals surface area contributed by atoms with Crippen LogP contribution in [0, 0.1) is 5.82 Å². The Bertz CT molecular complexity index is 1310. The lowest BCUT2D eigenvalue weighted by Crippen LogP contribution is -2.35. The maximum atomic E-state index is 14.6. The standard InChI is InChI=1S/C25H30FN3O4S/c1-4-15-29-22-12-11-18(34(31,32)28(2)3)16-21(22)27-23(29)17-33-24(30)25(13-7-8-14-25)19-9-5-6-10-20(19)26/h5-6,9-12,16H,4,7-8,13-15,17H2,1-3H3. The average molecular weight is 488 g/mol. The number of carbonyl (C=O) groups excluding carboxylic acids is 1. The zero-order chi connectivity index (χ0) is 24.5. The molecule has 9 heteroatoms. The number of sulfonamides is 1. The molecule has 1 aliphatic carbocycles. The van der Waals surface area contributed by atoms with E-state index in [1.54, 1.807) is 36.4 Å². The fourth-order valence-electron chi connectivity index (χ4n) is 4.79. The predicted molar refractivity (Wildman–Crippen MR) is 127 cm³/mol. The molecule has 34 heavy (non-hydrogen) atoms. The molecule has 0 atom stereocenters. The summed E-state index contributed by atoms with van der Waals surface area (Å²) in [6.45, 7) is 2.60. The van der Waals surface area contributed by atoms with E-state index in [0.29, 0.717) is 36.3 Å². The van der Waals surface area contributed by atoms with E-state index in [0.717, 1.165) is 29.1 Å². The molecule has 1 fully saturated rings. The van der Waals surface area contributed by atoms with E-state index < -0.39 is 27.2 Å². The van der Waals surface area contributed by atoms with Crippen molar-refractivity contribution < 1.29 is 22.3 Å². The van der Waals surface area contributed by atoms with Crippen LogP contribution in [0.3, 0.4) is 0 Å². The minimum atomic E-state index is -3.60. The van der Waals surface area contributed by atoms with Crippen LogP contribution in [0.1, 0.15) is 50.4 Å². The molecule has 2 aromatic carbocycles. The Kier molecular flexibility index (Phi) is 6.78. The third-order valence-electron chi connectivity index (χ3n) is 6.59. The zero-order valence-electron chi connectivity index (χ0n) is 19.8. The van der Waals surface area contributed by atoms with Gasteiger partial charge in [0.1, 0.15) is 18.2 Å². The lowest BCUT2D eigenvalue weighted by atomic mass is 9.78. The van der Waals surface area contributed by atoms with Crippen LogP contribution in [0.4, 0.5) is 4.39 Å². The van der Waals surface area contributed by atoms with E-state index in [-0.39, 0.29) is 11.5 Å². The zero-order valence-corrected chi connectivity index (χ0v) is 20.6. The quantitative estimate of drug-likeness (QED) is 0.440. The van der Waals surface area contributed by atoms with E-state index in [2.05, 4.69) is 4.98 Å². The molecule has 0 radical (unpaired) electrons. The summed E-state index contributed by atoms with van der Waals surface area (Å²) in [5.41, 5.74) is 0.695. The third kappa shape index (κ3) is 4.22. The van der Waals surface area contributed by atoms with E-state index in [1.165, 1.54) is 20.2 Å². The Morgan fingerprint density at radius 1 is 1.18 bits per heavy atom. The van der Waals surface area contributed by atoms with Crippen LogP contribution in [0.5, 0.6) is 0 Å². The molecular weight excluding hydrogens is 457 g/mol. The van der Waals surface area contributed by atoms with Gasteiger partial charge in [0.05, 0.1) is 21.3 Å². The third-order valence-corrected chi connectivity index (χ3v) is 8.41. The number of rotatable bonds is 8. The van der Waals surface area contributed by atoms with Crippen LogP contribution in [0.25, 0.3) is 11.0 Å². The molecule has 182 valence electrons. The largest absolute Gasteiger partial charge is 0.457 e. The molecular formula is C25H30FN3O4S. The summed E-state index contributed by atoms with van der Waals surface area (Å²) in [6.07, 6.45) is 3.58. The number of esters is 1. The highest BCUT2D eigenvalue weighted by molar-refractivity contribution is 7.89. The highest BCUT2D eigenvalue weighted by atomic mass is 32.2. The molecule has 1 saturated carbocycles. The lowest BCUT2D eigenvalue weighted by molar-refractivity contribution is -0.152. The fourth-order valence-corrected chi connectivity index (χ4v) is 5.72. The van der Waals surface area contributed by atoms with E-state index in [4.69, 9.17) is 4.74 Å². The molecule has 0 saturated heterocycles. The monoisotopic (exact) mass is 487 g/mol. The Hall–Kier alpha value is -2.78. The summed E-state index contributed by atoms with van der Waals surface area (Å²) >= 11 is 0. The first-order valence-corrected chi connectivity index (χ1v) is 13.0. The van der Waals surface area contributed by atoms with E-state index in [1.807, 2.05) is 11.5 Å². The molecule has 0 N–H and O–H groups in total. The van der Waals surface area contributed by atoms with Gasteiger partial charge in [-0.1, -0.05) is 38.0 Å². The number of fused-ring (bicyclic) bond motifs is 1. The highest BCUT2D eigenvalue weighted by Crippen LogP contribution is 2.43. The molecule has 0 aliphatic heterocycles. The first-order chi connectivity index (χ1) is 16.2. The van der Waals surface area contributed by atoms with Crippen molar-refractivity contribution in [3.63, 3.8) is 0 Å². The van der Waals surface area contributed by atoms with Gasteiger partial charge in [0.25, 0.3) is 0 Å². The minimum absolute atomic E-state index is 0.0700.